The first-order valence-corrected chi connectivity index (χ1v) is 13.0. The SMILES string of the molecule is Nc1ccc(C(=O)N(CCN2CCC(C(=O)c3ccc(F)cc3)CC2)c2ncnc3c2CCCC3)cc1. The number of nitrogen functional groups attached to an aromatic ring is 1. The lowest BCUT2D eigenvalue weighted by molar-refractivity contribution is 0.0841. The number of halogens is 1. The van der Waals surface area contributed by atoms with Crippen molar-refractivity contribution in [2.24, 2.45) is 5.92 Å². The highest BCUT2D eigenvalue weighted by molar-refractivity contribution is 6.06. The maximum atomic E-state index is 13.7. The van der Waals surface area contributed by atoms with E-state index < -0.39 is 0 Å². The van der Waals surface area contributed by atoms with Crippen molar-refractivity contribution in [1.29, 1.82) is 0 Å². The molecular weight excluding hydrogens is 469 g/mol. The number of carbonyl (C=O) groups excluding carboxylic acids is 2. The summed E-state index contributed by atoms with van der Waals surface area (Å²) in [5.74, 6) is 0.269. The van der Waals surface area contributed by atoms with Gasteiger partial charge in [0.1, 0.15) is 18.0 Å². The summed E-state index contributed by atoms with van der Waals surface area (Å²) < 4.78 is 13.2. The van der Waals surface area contributed by atoms with Crippen LogP contribution in [0.4, 0.5) is 15.9 Å². The van der Waals surface area contributed by atoms with Crippen LogP contribution >= 0.6 is 0 Å². The number of amides is 1. The molecule has 0 radical (unpaired) electrons. The van der Waals surface area contributed by atoms with Gasteiger partial charge in [0, 0.05) is 47.1 Å². The van der Waals surface area contributed by atoms with Crippen LogP contribution in [0.5, 0.6) is 0 Å². The minimum atomic E-state index is -0.339. The molecular formula is C29H32FN5O2. The van der Waals surface area contributed by atoms with Gasteiger partial charge in [-0.15, -0.1) is 0 Å². The quantitative estimate of drug-likeness (QED) is 0.383. The maximum absolute atomic E-state index is 13.7. The van der Waals surface area contributed by atoms with E-state index in [0.29, 0.717) is 35.7 Å². The normalized spacial score (nSPS) is 16.2. The summed E-state index contributed by atoms with van der Waals surface area (Å²) in [6.07, 6.45) is 6.98. The van der Waals surface area contributed by atoms with E-state index in [1.807, 2.05) is 0 Å². The van der Waals surface area contributed by atoms with Crippen molar-refractivity contribution in [2.75, 3.05) is 36.8 Å². The maximum Gasteiger partial charge on any atom is 0.259 e. The van der Waals surface area contributed by atoms with Gasteiger partial charge in [0.25, 0.3) is 5.91 Å². The largest absolute Gasteiger partial charge is 0.399 e. The smallest absolute Gasteiger partial charge is 0.259 e. The van der Waals surface area contributed by atoms with Crippen LogP contribution in [0.3, 0.4) is 0 Å². The summed E-state index contributed by atoms with van der Waals surface area (Å²) in [7, 11) is 0. The zero-order chi connectivity index (χ0) is 25.8. The third kappa shape index (κ3) is 5.69. The van der Waals surface area contributed by atoms with Gasteiger partial charge in [-0.1, -0.05) is 0 Å². The number of Topliss-reactive ketones (excluding diaryl/α,β-unsaturated/α-hetero) is 1. The minimum absolute atomic E-state index is 0.0666. The standard InChI is InChI=1S/C29H32FN5O2/c30-23-9-5-20(6-10-23)27(36)21-13-15-34(16-14-21)17-18-35(29(37)22-7-11-24(31)12-8-22)28-25-3-1-2-4-26(25)32-19-33-28/h5-12,19,21H,1-4,13-18,31H2. The van der Waals surface area contributed by atoms with E-state index in [4.69, 9.17) is 5.73 Å². The van der Waals surface area contributed by atoms with Crippen LogP contribution in [0.1, 0.15) is 57.7 Å². The Kier molecular flexibility index (Phi) is 7.55. The number of hydrogen-bond acceptors (Lipinski definition) is 6. The van der Waals surface area contributed by atoms with E-state index >= 15 is 0 Å². The highest BCUT2D eigenvalue weighted by Crippen LogP contribution is 2.29. The molecule has 0 saturated carbocycles. The van der Waals surface area contributed by atoms with E-state index in [1.54, 1.807) is 47.6 Å². The van der Waals surface area contributed by atoms with Crippen LogP contribution < -0.4 is 10.6 Å². The second kappa shape index (κ2) is 11.2. The van der Waals surface area contributed by atoms with Gasteiger partial charge in [-0.05, 0) is 100 Å². The molecule has 2 heterocycles. The second-order valence-electron chi connectivity index (χ2n) is 9.90. The number of hydrogen-bond donors (Lipinski definition) is 1. The number of aryl methyl sites for hydroxylation is 1. The molecule has 1 amide bonds. The second-order valence-corrected chi connectivity index (χ2v) is 9.90. The monoisotopic (exact) mass is 501 g/mol. The lowest BCUT2D eigenvalue weighted by atomic mass is 9.89. The molecule has 2 aromatic carbocycles. The zero-order valence-electron chi connectivity index (χ0n) is 20.9. The molecule has 2 N–H and O–H groups in total. The first-order valence-electron chi connectivity index (χ1n) is 13.0. The Balaban J connectivity index is 1.28. The number of nitrogens with zero attached hydrogens (tertiary/aromatic N) is 4. The molecule has 5 rings (SSSR count). The molecule has 1 aliphatic heterocycles. The number of aromatic nitrogens is 2. The topological polar surface area (TPSA) is 92.4 Å². The van der Waals surface area contributed by atoms with Crippen molar-refractivity contribution < 1.29 is 14.0 Å². The Labute approximate surface area is 216 Å². The Morgan fingerprint density at radius 1 is 0.946 bits per heavy atom. The van der Waals surface area contributed by atoms with Gasteiger partial charge >= 0.3 is 0 Å². The highest BCUT2D eigenvalue weighted by atomic mass is 19.1. The summed E-state index contributed by atoms with van der Waals surface area (Å²) in [4.78, 5) is 39.7. The van der Waals surface area contributed by atoms with Gasteiger partial charge < -0.3 is 10.6 Å². The van der Waals surface area contributed by atoms with Gasteiger partial charge in [0.2, 0.25) is 0 Å². The van der Waals surface area contributed by atoms with E-state index in [-0.39, 0.29) is 23.4 Å². The predicted octanol–water partition coefficient (Wildman–Crippen LogP) is 4.32. The summed E-state index contributed by atoms with van der Waals surface area (Å²) in [5.41, 5.74) is 9.69. The summed E-state index contributed by atoms with van der Waals surface area (Å²) >= 11 is 0. The Morgan fingerprint density at radius 2 is 1.62 bits per heavy atom. The Hall–Kier alpha value is -3.65. The molecule has 1 aliphatic carbocycles. The number of anilines is 2. The van der Waals surface area contributed by atoms with Crippen LogP contribution in [0.2, 0.25) is 0 Å². The Morgan fingerprint density at radius 3 is 2.35 bits per heavy atom. The van der Waals surface area contributed by atoms with Crippen LogP contribution in [-0.2, 0) is 12.8 Å². The summed E-state index contributed by atoms with van der Waals surface area (Å²) in [6, 6.07) is 12.8. The van der Waals surface area contributed by atoms with Crippen LogP contribution in [0, 0.1) is 11.7 Å². The molecule has 0 spiro atoms. The third-order valence-electron chi connectivity index (χ3n) is 7.49. The summed E-state index contributed by atoms with van der Waals surface area (Å²) in [5, 5.41) is 0. The molecule has 1 aromatic heterocycles. The van der Waals surface area contributed by atoms with Crippen molar-refractivity contribution in [3.05, 3.63) is 83.1 Å². The van der Waals surface area contributed by atoms with Crippen LogP contribution in [0.15, 0.2) is 54.9 Å². The number of rotatable bonds is 7. The number of piperidine rings is 1. The highest BCUT2D eigenvalue weighted by Gasteiger charge is 2.28. The van der Waals surface area contributed by atoms with Crippen LogP contribution in [-0.4, -0.2) is 52.7 Å². The number of carbonyl (C=O) groups is 2. The fourth-order valence-corrected chi connectivity index (χ4v) is 5.33. The number of likely N-dealkylation sites (tertiary alicyclic amines) is 1. The number of ketones is 1. The lowest BCUT2D eigenvalue weighted by Gasteiger charge is -2.33. The molecule has 0 bridgehead atoms. The average Bonchev–Trinajstić information content (AvgIpc) is 2.94. The van der Waals surface area contributed by atoms with E-state index in [1.165, 1.54) is 12.1 Å². The first kappa shape index (κ1) is 25.0. The molecule has 192 valence electrons. The zero-order valence-corrected chi connectivity index (χ0v) is 20.9. The molecule has 0 atom stereocenters. The number of nitrogens with two attached hydrogens (primary N) is 1. The van der Waals surface area contributed by atoms with E-state index in [0.717, 1.165) is 62.9 Å². The molecule has 7 nitrogen and oxygen atoms in total. The van der Waals surface area contributed by atoms with Crippen molar-refractivity contribution in [2.45, 2.75) is 38.5 Å². The molecule has 0 unspecified atom stereocenters. The molecule has 1 saturated heterocycles. The molecule has 1 fully saturated rings. The predicted molar refractivity (Wildman–Crippen MR) is 141 cm³/mol. The molecule has 37 heavy (non-hydrogen) atoms. The lowest BCUT2D eigenvalue weighted by Crippen LogP contribution is -2.43. The summed E-state index contributed by atoms with van der Waals surface area (Å²) in [6.45, 7) is 2.70. The van der Waals surface area contributed by atoms with E-state index in [2.05, 4.69) is 14.9 Å². The van der Waals surface area contributed by atoms with Gasteiger partial charge in [-0.2, -0.15) is 0 Å². The third-order valence-corrected chi connectivity index (χ3v) is 7.49. The van der Waals surface area contributed by atoms with Crippen molar-refractivity contribution in [1.82, 2.24) is 14.9 Å². The molecule has 2 aliphatic rings. The van der Waals surface area contributed by atoms with Crippen molar-refractivity contribution in [3.8, 4) is 0 Å². The molecule has 8 heteroatoms. The number of benzene rings is 2. The van der Waals surface area contributed by atoms with Crippen LogP contribution in [0.25, 0.3) is 0 Å². The Bertz CT molecular complexity index is 1250. The van der Waals surface area contributed by atoms with Gasteiger partial charge in [-0.3, -0.25) is 14.5 Å². The van der Waals surface area contributed by atoms with E-state index in [9.17, 15) is 14.0 Å². The fraction of sp³-hybridized carbons (Fsp3) is 0.379. The molecule has 3 aromatic rings. The van der Waals surface area contributed by atoms with Gasteiger partial charge in [0.05, 0.1) is 0 Å². The average molecular weight is 502 g/mol. The number of fused-ring (bicyclic) bond motifs is 1. The van der Waals surface area contributed by atoms with Gasteiger partial charge in [0.15, 0.2) is 5.78 Å². The minimum Gasteiger partial charge on any atom is -0.399 e. The van der Waals surface area contributed by atoms with Crippen molar-refractivity contribution in [3.63, 3.8) is 0 Å². The van der Waals surface area contributed by atoms with Gasteiger partial charge in [-0.25, -0.2) is 14.4 Å². The fourth-order valence-electron chi connectivity index (χ4n) is 5.33. The first-order chi connectivity index (χ1) is 18.0. The van der Waals surface area contributed by atoms with Crippen molar-refractivity contribution >= 4 is 23.2 Å².